The van der Waals surface area contributed by atoms with Crippen molar-refractivity contribution < 1.29 is 4.79 Å². The number of hydrogen-bond donors (Lipinski definition) is 1. The van der Waals surface area contributed by atoms with Gasteiger partial charge in [0.1, 0.15) is 0 Å². The van der Waals surface area contributed by atoms with Crippen LogP contribution in [-0.2, 0) is 4.79 Å². The zero-order valence-corrected chi connectivity index (χ0v) is 10.6. The largest absolute Gasteiger partial charge is 0.273 e. The van der Waals surface area contributed by atoms with Crippen molar-refractivity contribution in [3.8, 4) is 0 Å². The lowest BCUT2D eigenvalue weighted by Crippen LogP contribution is -2.37. The van der Waals surface area contributed by atoms with Crippen LogP contribution in [-0.4, -0.2) is 5.91 Å². The highest BCUT2D eigenvalue weighted by Gasteiger charge is 2.13. The molecule has 0 unspecified atom stereocenters. The monoisotopic (exact) mass is 242 g/mol. The Morgan fingerprint density at radius 2 is 1.89 bits per heavy atom. The van der Waals surface area contributed by atoms with E-state index in [0.717, 1.165) is 29.3 Å². The fourth-order valence-electron chi connectivity index (χ4n) is 2.00. The lowest BCUT2D eigenvalue weighted by molar-refractivity contribution is -0.118. The van der Waals surface area contributed by atoms with Crippen molar-refractivity contribution in [2.75, 3.05) is 5.01 Å². The van der Waals surface area contributed by atoms with E-state index in [1.807, 2.05) is 42.5 Å². The first-order valence-corrected chi connectivity index (χ1v) is 6.29. The lowest BCUT2D eigenvalue weighted by Gasteiger charge is -2.18. The Morgan fingerprint density at radius 1 is 1.17 bits per heavy atom. The van der Waals surface area contributed by atoms with Crippen molar-refractivity contribution in [2.24, 2.45) is 5.84 Å². The summed E-state index contributed by atoms with van der Waals surface area (Å²) in [7, 11) is 0. The number of anilines is 1. The van der Waals surface area contributed by atoms with Crippen LogP contribution in [0.3, 0.4) is 0 Å². The van der Waals surface area contributed by atoms with Gasteiger partial charge >= 0.3 is 0 Å². The summed E-state index contributed by atoms with van der Waals surface area (Å²) in [6, 6.07) is 13.8. The highest BCUT2D eigenvalue weighted by atomic mass is 16.2. The van der Waals surface area contributed by atoms with E-state index >= 15 is 0 Å². The number of nitrogens with zero attached hydrogens (tertiary/aromatic N) is 1. The van der Waals surface area contributed by atoms with Crippen molar-refractivity contribution in [1.82, 2.24) is 0 Å². The fraction of sp³-hybridized carbons (Fsp3) is 0.267. The number of benzene rings is 2. The lowest BCUT2D eigenvalue weighted by atomic mass is 10.1. The Morgan fingerprint density at radius 3 is 2.67 bits per heavy atom. The number of hydrogen-bond acceptors (Lipinski definition) is 2. The quantitative estimate of drug-likeness (QED) is 0.508. The Kier molecular flexibility index (Phi) is 3.95. The van der Waals surface area contributed by atoms with Gasteiger partial charge in [0.2, 0.25) is 5.91 Å². The molecule has 0 saturated heterocycles. The summed E-state index contributed by atoms with van der Waals surface area (Å²) < 4.78 is 0. The van der Waals surface area contributed by atoms with Crippen molar-refractivity contribution in [3.63, 3.8) is 0 Å². The van der Waals surface area contributed by atoms with Crippen LogP contribution in [0.2, 0.25) is 0 Å². The van der Waals surface area contributed by atoms with E-state index in [1.54, 1.807) is 0 Å². The summed E-state index contributed by atoms with van der Waals surface area (Å²) in [6.07, 6.45) is 2.36. The SMILES string of the molecule is CCCCC(=O)N(N)c1cccc2ccccc12. The number of rotatable bonds is 4. The molecule has 0 bridgehead atoms. The first-order valence-electron chi connectivity index (χ1n) is 6.29. The van der Waals surface area contributed by atoms with Crippen LogP contribution in [0.1, 0.15) is 26.2 Å². The molecule has 0 atom stereocenters. The summed E-state index contributed by atoms with van der Waals surface area (Å²) >= 11 is 0. The molecule has 0 fully saturated rings. The molecular formula is C15H18N2O. The first-order chi connectivity index (χ1) is 8.74. The van der Waals surface area contributed by atoms with Crippen LogP contribution >= 0.6 is 0 Å². The molecular weight excluding hydrogens is 224 g/mol. The molecule has 2 aromatic rings. The van der Waals surface area contributed by atoms with Gasteiger partial charge in [-0.3, -0.25) is 4.79 Å². The fourth-order valence-corrected chi connectivity index (χ4v) is 2.00. The number of hydrazine groups is 1. The number of fused-ring (bicyclic) bond motifs is 1. The molecule has 0 saturated carbocycles. The maximum absolute atomic E-state index is 11.9. The van der Waals surface area contributed by atoms with Gasteiger partial charge in [-0.1, -0.05) is 49.7 Å². The average Bonchev–Trinajstić information content (AvgIpc) is 2.43. The smallest absolute Gasteiger partial charge is 0.241 e. The second-order valence-corrected chi connectivity index (χ2v) is 4.37. The third kappa shape index (κ3) is 2.51. The molecule has 2 aromatic carbocycles. The van der Waals surface area contributed by atoms with Crippen molar-refractivity contribution in [1.29, 1.82) is 0 Å². The summed E-state index contributed by atoms with van der Waals surface area (Å²) in [4.78, 5) is 11.9. The van der Waals surface area contributed by atoms with Crippen LogP contribution in [0.4, 0.5) is 5.69 Å². The van der Waals surface area contributed by atoms with Crippen molar-refractivity contribution in [3.05, 3.63) is 42.5 Å². The van der Waals surface area contributed by atoms with E-state index in [2.05, 4.69) is 6.92 Å². The normalized spacial score (nSPS) is 10.6. The summed E-state index contributed by atoms with van der Waals surface area (Å²) in [5.41, 5.74) is 0.772. The number of nitrogens with two attached hydrogens (primary N) is 1. The van der Waals surface area contributed by atoms with E-state index in [1.165, 1.54) is 5.01 Å². The minimum Gasteiger partial charge on any atom is -0.273 e. The Labute approximate surface area is 107 Å². The second kappa shape index (κ2) is 5.65. The highest BCUT2D eigenvalue weighted by Crippen LogP contribution is 2.25. The first kappa shape index (κ1) is 12.6. The summed E-state index contributed by atoms with van der Waals surface area (Å²) in [6.45, 7) is 2.06. The topological polar surface area (TPSA) is 46.3 Å². The van der Waals surface area contributed by atoms with Gasteiger partial charge in [0.25, 0.3) is 0 Å². The zero-order chi connectivity index (χ0) is 13.0. The Bertz CT molecular complexity index is 546. The maximum atomic E-state index is 11.9. The van der Waals surface area contributed by atoms with Crippen LogP contribution in [0.5, 0.6) is 0 Å². The highest BCUT2D eigenvalue weighted by molar-refractivity contribution is 6.02. The predicted octanol–water partition coefficient (Wildman–Crippen LogP) is 3.24. The van der Waals surface area contributed by atoms with E-state index in [9.17, 15) is 4.79 Å². The molecule has 94 valence electrons. The van der Waals surface area contributed by atoms with Gasteiger partial charge < -0.3 is 0 Å². The van der Waals surface area contributed by atoms with Crippen LogP contribution in [0.15, 0.2) is 42.5 Å². The van der Waals surface area contributed by atoms with Gasteiger partial charge in [0, 0.05) is 11.8 Å². The number of carbonyl (C=O) groups excluding carboxylic acids is 1. The standard InChI is InChI=1S/C15H18N2O/c1-2-3-11-15(18)17(16)14-10-6-8-12-7-4-5-9-13(12)14/h4-10H,2-3,11,16H2,1H3. The predicted molar refractivity (Wildman–Crippen MR) is 75.1 cm³/mol. The summed E-state index contributed by atoms with van der Waals surface area (Å²) in [5, 5.41) is 3.37. The van der Waals surface area contributed by atoms with E-state index in [-0.39, 0.29) is 5.91 Å². The molecule has 0 radical (unpaired) electrons. The Hall–Kier alpha value is -1.87. The number of unbranched alkanes of at least 4 members (excludes halogenated alkanes) is 1. The second-order valence-electron chi connectivity index (χ2n) is 4.37. The van der Waals surface area contributed by atoms with Crippen LogP contribution in [0.25, 0.3) is 10.8 Å². The zero-order valence-electron chi connectivity index (χ0n) is 10.6. The molecule has 3 nitrogen and oxygen atoms in total. The van der Waals surface area contributed by atoms with Crippen molar-refractivity contribution >= 4 is 22.4 Å². The molecule has 2 rings (SSSR count). The van der Waals surface area contributed by atoms with Gasteiger partial charge in [-0.25, -0.2) is 10.9 Å². The maximum Gasteiger partial charge on any atom is 0.241 e. The minimum absolute atomic E-state index is 0.0341. The van der Waals surface area contributed by atoms with E-state index < -0.39 is 0 Å². The molecule has 2 N–H and O–H groups in total. The van der Waals surface area contributed by atoms with Gasteiger partial charge in [-0.2, -0.15) is 0 Å². The average molecular weight is 242 g/mol. The molecule has 18 heavy (non-hydrogen) atoms. The van der Waals surface area contributed by atoms with Gasteiger partial charge in [-0.15, -0.1) is 0 Å². The molecule has 0 aliphatic carbocycles. The minimum atomic E-state index is -0.0341. The molecule has 0 aliphatic heterocycles. The molecule has 0 aromatic heterocycles. The molecule has 1 amide bonds. The number of carbonyl (C=O) groups is 1. The molecule has 3 heteroatoms. The molecule has 0 heterocycles. The molecule has 0 aliphatic rings. The summed E-state index contributed by atoms with van der Waals surface area (Å²) in [5.74, 6) is 5.90. The third-order valence-corrected chi connectivity index (χ3v) is 3.04. The third-order valence-electron chi connectivity index (χ3n) is 3.04. The van der Waals surface area contributed by atoms with Gasteiger partial charge in [0.15, 0.2) is 0 Å². The number of amides is 1. The molecule has 0 spiro atoms. The van der Waals surface area contributed by atoms with Crippen molar-refractivity contribution in [2.45, 2.75) is 26.2 Å². The Balaban J connectivity index is 2.32. The van der Waals surface area contributed by atoms with Crippen LogP contribution < -0.4 is 10.9 Å². The van der Waals surface area contributed by atoms with Crippen LogP contribution in [0, 0.1) is 0 Å². The van der Waals surface area contributed by atoms with E-state index in [4.69, 9.17) is 5.84 Å². The van der Waals surface area contributed by atoms with Gasteiger partial charge in [0.05, 0.1) is 5.69 Å². The van der Waals surface area contributed by atoms with Gasteiger partial charge in [-0.05, 0) is 17.9 Å². The van der Waals surface area contributed by atoms with E-state index in [0.29, 0.717) is 6.42 Å².